The number of nitrogens with zero attached hydrogens (tertiary/aromatic N) is 1. The van der Waals surface area contributed by atoms with Crippen LogP contribution in [0.3, 0.4) is 0 Å². The third-order valence-corrected chi connectivity index (χ3v) is 3.65. The van der Waals surface area contributed by atoms with Crippen LogP contribution in [0.2, 0.25) is 0 Å². The van der Waals surface area contributed by atoms with Crippen molar-refractivity contribution in [2.24, 2.45) is 17.7 Å². The van der Waals surface area contributed by atoms with Crippen LogP contribution in [0.4, 0.5) is 0 Å². The minimum Gasteiger partial charge on any atom is -0.293 e. The van der Waals surface area contributed by atoms with Gasteiger partial charge in [-0.3, -0.25) is 15.1 Å². The second-order valence-corrected chi connectivity index (χ2v) is 5.27. The number of nitrogens with one attached hydrogen (secondary N) is 1. The quantitative estimate of drug-likeness (QED) is 0.384. The predicted octanol–water partition coefficient (Wildman–Crippen LogP) is 0.877. The largest absolute Gasteiger partial charge is 0.293 e. The Morgan fingerprint density at radius 1 is 1.31 bits per heavy atom. The van der Waals surface area contributed by atoms with Crippen molar-refractivity contribution < 1.29 is 4.79 Å². The van der Waals surface area contributed by atoms with Crippen LogP contribution in [0, 0.1) is 11.8 Å². The van der Waals surface area contributed by atoms with Crippen molar-refractivity contribution in [3.05, 3.63) is 0 Å². The van der Waals surface area contributed by atoms with Crippen molar-refractivity contribution in [1.82, 2.24) is 10.3 Å². The Balaban J connectivity index is 1.91. The molecule has 2 rings (SSSR count). The molecule has 4 nitrogen and oxygen atoms in total. The van der Waals surface area contributed by atoms with E-state index in [1.807, 2.05) is 0 Å². The van der Waals surface area contributed by atoms with Gasteiger partial charge < -0.3 is 0 Å². The molecule has 0 aliphatic heterocycles. The summed E-state index contributed by atoms with van der Waals surface area (Å²) >= 11 is 0. The van der Waals surface area contributed by atoms with Crippen LogP contribution in [-0.4, -0.2) is 29.9 Å². The van der Waals surface area contributed by atoms with E-state index in [1.54, 1.807) is 0 Å². The third-order valence-electron chi connectivity index (χ3n) is 3.65. The van der Waals surface area contributed by atoms with E-state index in [-0.39, 0.29) is 11.9 Å². The molecule has 2 fully saturated rings. The minimum absolute atomic E-state index is 0.0220. The van der Waals surface area contributed by atoms with Crippen LogP contribution in [0.1, 0.15) is 39.0 Å². The lowest BCUT2D eigenvalue weighted by Gasteiger charge is -2.29. The number of carbonyl (C=O) groups is 1. The van der Waals surface area contributed by atoms with Gasteiger partial charge in [0.05, 0.1) is 6.04 Å². The van der Waals surface area contributed by atoms with Crippen molar-refractivity contribution in [3.63, 3.8) is 0 Å². The van der Waals surface area contributed by atoms with E-state index in [2.05, 4.69) is 17.2 Å². The van der Waals surface area contributed by atoms with Gasteiger partial charge in [0.2, 0.25) is 0 Å². The monoisotopic (exact) mass is 225 g/mol. The normalized spacial score (nSPS) is 22.2. The maximum Gasteiger partial charge on any atom is 0.251 e. The highest BCUT2D eigenvalue weighted by molar-refractivity contribution is 5.81. The third kappa shape index (κ3) is 3.19. The lowest BCUT2D eigenvalue weighted by atomic mass is 10.1. The van der Waals surface area contributed by atoms with Crippen LogP contribution in [0.25, 0.3) is 0 Å². The van der Waals surface area contributed by atoms with E-state index in [0.717, 1.165) is 31.3 Å². The SMILES string of the molecule is CCC(C(=O)NN)N(CC1CC1)CC1CC1. The number of amides is 1. The van der Waals surface area contributed by atoms with Crippen LogP contribution in [0.15, 0.2) is 0 Å². The number of nitrogens with two attached hydrogens (primary N) is 1. The molecule has 2 aliphatic carbocycles. The molecule has 2 saturated carbocycles. The first kappa shape index (κ1) is 11.9. The first-order chi connectivity index (χ1) is 7.74. The van der Waals surface area contributed by atoms with Gasteiger partial charge in [-0.15, -0.1) is 0 Å². The predicted molar refractivity (Wildman–Crippen MR) is 63.4 cm³/mol. The van der Waals surface area contributed by atoms with Crippen molar-refractivity contribution in [2.75, 3.05) is 13.1 Å². The lowest BCUT2D eigenvalue weighted by Crippen LogP contribution is -2.50. The minimum atomic E-state index is -0.0243. The summed E-state index contributed by atoms with van der Waals surface area (Å²) < 4.78 is 0. The molecular weight excluding hydrogens is 202 g/mol. The summed E-state index contributed by atoms with van der Waals surface area (Å²) in [6.45, 7) is 4.23. The van der Waals surface area contributed by atoms with Gasteiger partial charge in [-0.2, -0.15) is 0 Å². The van der Waals surface area contributed by atoms with Crippen LogP contribution in [-0.2, 0) is 4.79 Å². The van der Waals surface area contributed by atoms with Crippen molar-refractivity contribution >= 4 is 5.91 Å². The number of carbonyl (C=O) groups excluding carboxylic acids is 1. The fourth-order valence-corrected chi connectivity index (χ4v) is 2.30. The Hall–Kier alpha value is -0.610. The van der Waals surface area contributed by atoms with Gasteiger partial charge in [0.15, 0.2) is 0 Å². The number of rotatable bonds is 7. The van der Waals surface area contributed by atoms with E-state index in [0.29, 0.717) is 0 Å². The molecule has 0 spiro atoms. The van der Waals surface area contributed by atoms with E-state index in [9.17, 15) is 4.79 Å². The molecule has 1 atom stereocenters. The molecule has 0 bridgehead atoms. The van der Waals surface area contributed by atoms with Crippen LogP contribution < -0.4 is 11.3 Å². The van der Waals surface area contributed by atoms with E-state index in [4.69, 9.17) is 5.84 Å². The molecule has 0 aromatic rings. The van der Waals surface area contributed by atoms with E-state index in [1.165, 1.54) is 25.7 Å². The summed E-state index contributed by atoms with van der Waals surface area (Å²) in [5.74, 6) is 6.89. The summed E-state index contributed by atoms with van der Waals surface area (Å²) in [5, 5.41) is 0. The fraction of sp³-hybridized carbons (Fsp3) is 0.917. The first-order valence-corrected chi connectivity index (χ1v) is 6.49. The Bertz CT molecular complexity index is 235. The van der Waals surface area contributed by atoms with Gasteiger partial charge in [0.25, 0.3) is 5.91 Å². The molecule has 16 heavy (non-hydrogen) atoms. The van der Waals surface area contributed by atoms with Gasteiger partial charge in [0, 0.05) is 13.1 Å². The van der Waals surface area contributed by atoms with Gasteiger partial charge in [-0.25, -0.2) is 5.84 Å². The number of hydrogen-bond donors (Lipinski definition) is 2. The number of hydrogen-bond acceptors (Lipinski definition) is 3. The van der Waals surface area contributed by atoms with Crippen LogP contribution >= 0.6 is 0 Å². The summed E-state index contributed by atoms with van der Waals surface area (Å²) in [5.41, 5.74) is 2.30. The molecule has 0 aromatic carbocycles. The molecular formula is C12H23N3O. The molecule has 3 N–H and O–H groups in total. The Morgan fingerprint density at radius 2 is 1.81 bits per heavy atom. The second kappa shape index (κ2) is 5.15. The molecule has 4 heteroatoms. The summed E-state index contributed by atoms with van der Waals surface area (Å²) in [6.07, 6.45) is 6.19. The standard InChI is InChI=1S/C12H23N3O/c1-2-11(12(16)14-13)15(7-9-3-4-9)8-10-5-6-10/h9-11H,2-8,13H2,1H3,(H,14,16). The lowest BCUT2D eigenvalue weighted by molar-refractivity contribution is -0.126. The Morgan fingerprint density at radius 3 is 2.12 bits per heavy atom. The molecule has 0 aromatic heterocycles. The molecule has 0 saturated heterocycles. The van der Waals surface area contributed by atoms with Crippen LogP contribution in [0.5, 0.6) is 0 Å². The van der Waals surface area contributed by atoms with Crippen molar-refractivity contribution in [2.45, 2.75) is 45.1 Å². The second-order valence-electron chi connectivity index (χ2n) is 5.27. The zero-order chi connectivity index (χ0) is 11.5. The first-order valence-electron chi connectivity index (χ1n) is 6.49. The van der Waals surface area contributed by atoms with E-state index >= 15 is 0 Å². The molecule has 92 valence electrons. The average Bonchev–Trinajstić information content (AvgIpc) is 3.13. The summed E-state index contributed by atoms with van der Waals surface area (Å²) in [7, 11) is 0. The highest BCUT2D eigenvalue weighted by atomic mass is 16.2. The molecule has 1 amide bonds. The zero-order valence-electron chi connectivity index (χ0n) is 10.1. The topological polar surface area (TPSA) is 58.4 Å². The Labute approximate surface area is 97.5 Å². The van der Waals surface area contributed by atoms with E-state index < -0.39 is 0 Å². The van der Waals surface area contributed by atoms with Gasteiger partial charge >= 0.3 is 0 Å². The smallest absolute Gasteiger partial charge is 0.251 e. The van der Waals surface area contributed by atoms with Crippen molar-refractivity contribution in [1.29, 1.82) is 0 Å². The molecule has 0 radical (unpaired) electrons. The van der Waals surface area contributed by atoms with Gasteiger partial charge in [0.1, 0.15) is 0 Å². The average molecular weight is 225 g/mol. The number of hydrazine groups is 1. The Kier molecular flexibility index (Phi) is 3.82. The van der Waals surface area contributed by atoms with Gasteiger partial charge in [-0.05, 0) is 43.9 Å². The van der Waals surface area contributed by atoms with Gasteiger partial charge in [-0.1, -0.05) is 6.92 Å². The maximum absolute atomic E-state index is 11.7. The molecule has 0 heterocycles. The zero-order valence-corrected chi connectivity index (χ0v) is 10.1. The highest BCUT2D eigenvalue weighted by Crippen LogP contribution is 2.34. The molecule has 1 unspecified atom stereocenters. The summed E-state index contributed by atoms with van der Waals surface area (Å²) in [4.78, 5) is 14.1. The molecule has 2 aliphatic rings. The fourth-order valence-electron chi connectivity index (χ4n) is 2.30. The summed E-state index contributed by atoms with van der Waals surface area (Å²) in [6, 6.07) is -0.0220. The maximum atomic E-state index is 11.7. The highest BCUT2D eigenvalue weighted by Gasteiger charge is 2.34. The van der Waals surface area contributed by atoms with Crippen molar-refractivity contribution in [3.8, 4) is 0 Å².